The Kier molecular flexibility index (Phi) is 5.56. The third kappa shape index (κ3) is 4.37. The second kappa shape index (κ2) is 7.82. The molecule has 0 aromatic carbocycles. The summed E-state index contributed by atoms with van der Waals surface area (Å²) in [6.07, 6.45) is 2.86. The van der Waals surface area contributed by atoms with Gasteiger partial charge in [-0.05, 0) is 0 Å². The smallest absolute Gasteiger partial charge is 0.271 e. The van der Waals surface area contributed by atoms with Crippen molar-refractivity contribution in [2.24, 2.45) is 32.1 Å². The number of carbonyl (C=O) groups is 2. The van der Waals surface area contributed by atoms with Gasteiger partial charge < -0.3 is 16.5 Å². The Hall–Kier alpha value is -3.84. The van der Waals surface area contributed by atoms with E-state index in [0.29, 0.717) is 12.5 Å². The van der Waals surface area contributed by atoms with Crippen LogP contribution in [0.15, 0.2) is 33.3 Å². The Morgan fingerprint density at radius 1 is 1.27 bits per heavy atom. The van der Waals surface area contributed by atoms with Gasteiger partial charge in [0.05, 0.1) is 12.7 Å². The zero-order chi connectivity index (χ0) is 19.3. The zero-order valence-corrected chi connectivity index (χ0v) is 14.4. The first-order chi connectivity index (χ1) is 12.3. The van der Waals surface area contributed by atoms with Gasteiger partial charge in [0.1, 0.15) is 6.67 Å². The molecule has 0 saturated heterocycles. The van der Waals surface area contributed by atoms with E-state index in [2.05, 4.69) is 35.6 Å². The van der Waals surface area contributed by atoms with Crippen molar-refractivity contribution < 1.29 is 9.59 Å². The minimum Gasteiger partial charge on any atom is -0.364 e. The van der Waals surface area contributed by atoms with Crippen LogP contribution < -0.4 is 11.5 Å². The van der Waals surface area contributed by atoms with Crippen LogP contribution >= 0.6 is 0 Å². The van der Waals surface area contributed by atoms with Gasteiger partial charge in [-0.2, -0.15) is 0 Å². The van der Waals surface area contributed by atoms with Gasteiger partial charge in [0.15, 0.2) is 17.2 Å². The molecule has 1 aliphatic rings. The molecule has 0 atom stereocenters. The molecule has 0 radical (unpaired) electrons. The number of nitrogens with one attached hydrogen (secondary N) is 1. The first-order valence-corrected chi connectivity index (χ1v) is 7.19. The number of aromatic nitrogens is 4. The molecule has 0 bridgehead atoms. The van der Waals surface area contributed by atoms with E-state index in [0.717, 1.165) is 0 Å². The maximum atomic E-state index is 10.8. The van der Waals surface area contributed by atoms with Gasteiger partial charge in [-0.25, -0.2) is 9.97 Å². The molecule has 1 aliphatic heterocycles. The number of rotatable bonds is 4. The molecule has 138 valence electrons. The molecule has 26 heavy (non-hydrogen) atoms. The van der Waals surface area contributed by atoms with Crippen LogP contribution in [0.3, 0.4) is 0 Å². The van der Waals surface area contributed by atoms with Crippen LogP contribution in [0, 0.1) is 0 Å². The number of carbonyl (C=O) groups excluding carboxylic acids is 2. The molecule has 0 saturated carbocycles. The average molecular weight is 362 g/mol. The molecule has 5 N–H and O–H groups in total. The molecule has 0 unspecified atom stereocenters. The van der Waals surface area contributed by atoms with Gasteiger partial charge >= 0.3 is 0 Å². The highest BCUT2D eigenvalue weighted by Crippen LogP contribution is 2.22. The normalized spacial score (nSPS) is 12.5. The number of hydrogen-bond acceptors (Lipinski definition) is 9. The molecular weight excluding hydrogens is 344 g/mol. The van der Waals surface area contributed by atoms with Crippen LogP contribution in [0.5, 0.6) is 0 Å². The maximum Gasteiger partial charge on any atom is 0.271 e. The Balaban J connectivity index is 0.000000187. The minimum atomic E-state index is -0.606. The lowest BCUT2D eigenvalue weighted by Crippen LogP contribution is -2.19. The molecule has 2 amide bonds. The molecule has 0 spiro atoms. The number of fused-ring (bicyclic) bond motifs is 1. The van der Waals surface area contributed by atoms with E-state index < -0.39 is 11.8 Å². The summed E-state index contributed by atoms with van der Waals surface area (Å²) in [5, 5.41) is 18.1. The average Bonchev–Trinajstić information content (AvgIpc) is 3.19. The third-order valence-corrected chi connectivity index (χ3v) is 2.88. The number of nitrogens with zero attached hydrogens (tertiary/aromatic N) is 9. The number of nitrogens with two attached hydrogens (primary N) is 2. The predicted molar refractivity (Wildman–Crippen MR) is 88.3 cm³/mol. The molecule has 0 aliphatic carbocycles. The van der Waals surface area contributed by atoms with Crippen molar-refractivity contribution in [1.29, 1.82) is 0 Å². The number of amides is 2. The molecular formula is C12H18N12O2. The summed E-state index contributed by atoms with van der Waals surface area (Å²) in [6, 6.07) is 0. The van der Waals surface area contributed by atoms with Crippen molar-refractivity contribution in [2.45, 2.75) is 6.67 Å². The summed E-state index contributed by atoms with van der Waals surface area (Å²) in [4.78, 5) is 31.8. The van der Waals surface area contributed by atoms with E-state index in [1.807, 2.05) is 0 Å². The van der Waals surface area contributed by atoms with Gasteiger partial charge in [-0.3, -0.25) is 24.2 Å². The largest absolute Gasteiger partial charge is 0.364 e. The second-order valence-electron chi connectivity index (χ2n) is 5.24. The van der Waals surface area contributed by atoms with Crippen LogP contribution in [-0.4, -0.2) is 62.5 Å². The summed E-state index contributed by atoms with van der Waals surface area (Å²) in [5.41, 5.74) is 10.4. The zero-order valence-electron chi connectivity index (χ0n) is 14.4. The number of hydrogen-bond donors (Lipinski definition) is 3. The molecule has 2 aromatic rings. The topological polar surface area (TPSA) is 189 Å². The van der Waals surface area contributed by atoms with Crippen molar-refractivity contribution in [3.63, 3.8) is 0 Å². The molecule has 0 fully saturated rings. The van der Waals surface area contributed by atoms with Crippen LogP contribution in [-0.2, 0) is 6.67 Å². The van der Waals surface area contributed by atoms with E-state index >= 15 is 0 Å². The fourth-order valence-corrected chi connectivity index (χ4v) is 1.80. The molecule has 14 heteroatoms. The highest BCUT2D eigenvalue weighted by molar-refractivity contribution is 5.95. The van der Waals surface area contributed by atoms with Gasteiger partial charge in [0, 0.05) is 21.1 Å². The lowest BCUT2D eigenvalue weighted by atomic mass is 10.4. The Labute approximate surface area is 147 Å². The first kappa shape index (κ1) is 18.5. The first-order valence-electron chi connectivity index (χ1n) is 7.19. The van der Waals surface area contributed by atoms with Gasteiger partial charge in [-0.1, -0.05) is 10.4 Å². The summed E-state index contributed by atoms with van der Waals surface area (Å²) >= 11 is 0. The SMILES string of the molecule is CN(C)N=Nc1nc[nH]c1C(N)=O.CN1Cn2cnc(C(N)=O)c2N=N1. The fourth-order valence-electron chi connectivity index (χ4n) is 1.80. The van der Waals surface area contributed by atoms with Crippen LogP contribution in [0.25, 0.3) is 0 Å². The van der Waals surface area contributed by atoms with Crippen LogP contribution in [0.2, 0.25) is 0 Å². The lowest BCUT2D eigenvalue weighted by Gasteiger charge is -2.16. The highest BCUT2D eigenvalue weighted by atomic mass is 16.1. The Morgan fingerprint density at radius 2 is 2.00 bits per heavy atom. The van der Waals surface area contributed by atoms with Crippen molar-refractivity contribution in [2.75, 3.05) is 21.1 Å². The molecule has 14 nitrogen and oxygen atoms in total. The van der Waals surface area contributed by atoms with Crippen molar-refractivity contribution >= 4 is 23.5 Å². The standard InChI is InChI=1S/C6H8N6O.C6H10N6O/c1-11-3-12-2-8-4(5(7)13)6(12)9-10-11;1-12(2)11-10-6-4(5(7)13)8-3-9-6/h2H,3H2,1H3,(H2,7,13);3H,1-2H3,(H2,7,13)(H,8,9). The summed E-state index contributed by atoms with van der Waals surface area (Å²) in [5.74, 6) is -0.575. The van der Waals surface area contributed by atoms with Crippen molar-refractivity contribution in [3.8, 4) is 0 Å². The summed E-state index contributed by atoms with van der Waals surface area (Å²) in [7, 11) is 5.19. The van der Waals surface area contributed by atoms with Gasteiger partial charge in [-0.15, -0.1) is 10.2 Å². The quantitative estimate of drug-likeness (QED) is 0.504. The Morgan fingerprint density at radius 3 is 2.62 bits per heavy atom. The van der Waals surface area contributed by atoms with Crippen LogP contribution in [0.4, 0.5) is 11.6 Å². The molecule has 2 aromatic heterocycles. The minimum absolute atomic E-state index is 0.158. The monoisotopic (exact) mass is 362 g/mol. The van der Waals surface area contributed by atoms with E-state index in [-0.39, 0.29) is 17.2 Å². The van der Waals surface area contributed by atoms with Gasteiger partial charge in [0.25, 0.3) is 11.8 Å². The van der Waals surface area contributed by atoms with E-state index in [1.54, 1.807) is 30.7 Å². The Bertz CT molecular complexity index is 846. The summed E-state index contributed by atoms with van der Waals surface area (Å²) in [6.45, 7) is 0.527. The van der Waals surface area contributed by atoms with Crippen LogP contribution in [0.1, 0.15) is 21.0 Å². The number of imidazole rings is 2. The highest BCUT2D eigenvalue weighted by Gasteiger charge is 2.18. The fraction of sp³-hybridized carbons (Fsp3) is 0.333. The van der Waals surface area contributed by atoms with Gasteiger partial charge in [0.2, 0.25) is 5.82 Å². The number of primary amides is 2. The van der Waals surface area contributed by atoms with E-state index in [4.69, 9.17) is 11.5 Å². The van der Waals surface area contributed by atoms with E-state index in [9.17, 15) is 9.59 Å². The third-order valence-electron chi connectivity index (χ3n) is 2.88. The number of H-pyrrole nitrogens is 1. The second-order valence-corrected chi connectivity index (χ2v) is 5.24. The maximum absolute atomic E-state index is 10.8. The predicted octanol–water partition coefficient (Wildman–Crippen LogP) is -0.0475. The molecule has 3 rings (SSSR count). The van der Waals surface area contributed by atoms with E-state index in [1.165, 1.54) is 17.7 Å². The van der Waals surface area contributed by atoms with Crippen molar-refractivity contribution in [3.05, 3.63) is 24.0 Å². The lowest BCUT2D eigenvalue weighted by molar-refractivity contribution is 0.0988. The van der Waals surface area contributed by atoms with Crippen molar-refractivity contribution in [1.82, 2.24) is 29.5 Å². The number of aromatic amines is 1. The summed E-state index contributed by atoms with van der Waals surface area (Å²) < 4.78 is 1.70. The molecule has 3 heterocycles.